The van der Waals surface area contributed by atoms with Gasteiger partial charge in [0, 0.05) is 31.9 Å². The number of nitro benzene ring substituents is 1. The number of nitrogens with zero attached hydrogens (tertiary/aromatic N) is 1. The van der Waals surface area contributed by atoms with Gasteiger partial charge in [0.15, 0.2) is 0 Å². The number of sulfonamides is 1. The van der Waals surface area contributed by atoms with Gasteiger partial charge in [-0.2, -0.15) is 0 Å². The van der Waals surface area contributed by atoms with Gasteiger partial charge in [-0.05, 0) is 18.9 Å². The SMILES string of the molecule is CCCOCCCNS(=O)(=O)c1cc([N+](=O)[O-])ccc1Cl. The van der Waals surface area contributed by atoms with Crippen molar-refractivity contribution in [1.29, 1.82) is 0 Å². The molecule has 1 rings (SSSR count). The molecule has 9 heteroatoms. The molecule has 0 unspecified atom stereocenters. The number of halogens is 1. The lowest BCUT2D eigenvalue weighted by molar-refractivity contribution is -0.385. The lowest BCUT2D eigenvalue weighted by Crippen LogP contribution is -2.26. The van der Waals surface area contributed by atoms with Crippen LogP contribution in [0.1, 0.15) is 19.8 Å². The summed E-state index contributed by atoms with van der Waals surface area (Å²) >= 11 is 5.80. The predicted octanol–water partition coefficient (Wildman–Crippen LogP) is 2.34. The Morgan fingerprint density at radius 2 is 2.10 bits per heavy atom. The fourth-order valence-electron chi connectivity index (χ4n) is 1.52. The Bertz CT molecular complexity index is 591. The normalized spacial score (nSPS) is 11.5. The van der Waals surface area contributed by atoms with Gasteiger partial charge in [0.05, 0.1) is 9.95 Å². The Morgan fingerprint density at radius 3 is 2.71 bits per heavy atom. The second-order valence-electron chi connectivity index (χ2n) is 4.24. The van der Waals surface area contributed by atoms with Gasteiger partial charge in [-0.3, -0.25) is 10.1 Å². The van der Waals surface area contributed by atoms with Crippen molar-refractivity contribution in [3.63, 3.8) is 0 Å². The van der Waals surface area contributed by atoms with Crippen LogP contribution in [0.2, 0.25) is 5.02 Å². The fraction of sp³-hybridized carbons (Fsp3) is 0.500. The molecule has 0 saturated heterocycles. The molecule has 1 aromatic rings. The molecule has 1 aromatic carbocycles. The number of nitrogens with one attached hydrogen (secondary N) is 1. The standard InChI is InChI=1S/C12H17ClN2O5S/c1-2-7-20-8-3-6-14-21(18,19)12-9-10(15(16)17)4-5-11(12)13/h4-5,9,14H,2-3,6-8H2,1H3. The maximum absolute atomic E-state index is 12.1. The minimum absolute atomic E-state index is 0.0599. The van der Waals surface area contributed by atoms with Crippen LogP contribution in [0, 0.1) is 10.1 Å². The van der Waals surface area contributed by atoms with Crippen LogP contribution in [0.15, 0.2) is 23.1 Å². The summed E-state index contributed by atoms with van der Waals surface area (Å²) in [5.74, 6) is 0. The minimum atomic E-state index is -3.88. The average Bonchev–Trinajstić information content (AvgIpc) is 2.42. The van der Waals surface area contributed by atoms with E-state index in [2.05, 4.69) is 4.72 Å². The van der Waals surface area contributed by atoms with Gasteiger partial charge in [0.1, 0.15) is 4.90 Å². The highest BCUT2D eigenvalue weighted by Gasteiger charge is 2.21. The fourth-order valence-corrected chi connectivity index (χ4v) is 3.11. The second kappa shape index (κ2) is 8.28. The van der Waals surface area contributed by atoms with Crippen LogP contribution in [0.25, 0.3) is 0 Å². The molecule has 7 nitrogen and oxygen atoms in total. The lowest BCUT2D eigenvalue weighted by Gasteiger charge is -2.08. The van der Waals surface area contributed by atoms with E-state index in [1.54, 1.807) is 0 Å². The molecule has 0 radical (unpaired) electrons. The Morgan fingerprint density at radius 1 is 1.38 bits per heavy atom. The van der Waals surface area contributed by atoms with Crippen LogP contribution in [-0.2, 0) is 14.8 Å². The molecule has 0 atom stereocenters. The highest BCUT2D eigenvalue weighted by atomic mass is 35.5. The molecule has 0 bridgehead atoms. The number of nitro groups is 1. The van der Waals surface area contributed by atoms with Gasteiger partial charge in [-0.15, -0.1) is 0 Å². The molecular formula is C12H17ClN2O5S. The summed E-state index contributed by atoms with van der Waals surface area (Å²) in [6, 6.07) is 3.29. The number of ether oxygens (including phenoxy) is 1. The van der Waals surface area contributed by atoms with Crippen LogP contribution in [0.5, 0.6) is 0 Å². The first-order valence-corrected chi connectivity index (χ1v) is 8.26. The van der Waals surface area contributed by atoms with E-state index >= 15 is 0 Å². The first kappa shape index (κ1) is 17.8. The van der Waals surface area contributed by atoms with Gasteiger partial charge in [0.25, 0.3) is 5.69 Å². The molecule has 1 N–H and O–H groups in total. The topological polar surface area (TPSA) is 98.5 Å². The number of benzene rings is 1. The Balaban J connectivity index is 2.70. The molecule has 0 saturated carbocycles. The molecule has 0 aliphatic carbocycles. The quantitative estimate of drug-likeness (QED) is 0.424. The van der Waals surface area contributed by atoms with Crippen molar-refractivity contribution in [2.75, 3.05) is 19.8 Å². The van der Waals surface area contributed by atoms with Crippen molar-refractivity contribution in [1.82, 2.24) is 4.72 Å². The van der Waals surface area contributed by atoms with Crippen molar-refractivity contribution in [2.24, 2.45) is 0 Å². The molecule has 0 fully saturated rings. The highest BCUT2D eigenvalue weighted by molar-refractivity contribution is 7.89. The molecular weight excluding hydrogens is 320 g/mol. The molecule has 0 heterocycles. The molecule has 0 aliphatic rings. The zero-order valence-corrected chi connectivity index (χ0v) is 13.1. The third-order valence-electron chi connectivity index (χ3n) is 2.52. The maximum atomic E-state index is 12.1. The van der Waals surface area contributed by atoms with Gasteiger partial charge < -0.3 is 4.74 Å². The average molecular weight is 337 g/mol. The van der Waals surface area contributed by atoms with Crippen LogP contribution in [0.3, 0.4) is 0 Å². The van der Waals surface area contributed by atoms with E-state index in [9.17, 15) is 18.5 Å². The van der Waals surface area contributed by atoms with Crippen LogP contribution < -0.4 is 4.72 Å². The van der Waals surface area contributed by atoms with Gasteiger partial charge in [-0.1, -0.05) is 18.5 Å². The van der Waals surface area contributed by atoms with Crippen LogP contribution >= 0.6 is 11.6 Å². The van der Waals surface area contributed by atoms with Crippen LogP contribution in [-0.4, -0.2) is 33.1 Å². The van der Waals surface area contributed by atoms with E-state index in [0.29, 0.717) is 19.6 Å². The van der Waals surface area contributed by atoms with Gasteiger partial charge >= 0.3 is 0 Å². The third kappa shape index (κ3) is 5.58. The van der Waals surface area contributed by atoms with Gasteiger partial charge in [-0.25, -0.2) is 13.1 Å². The van der Waals surface area contributed by atoms with E-state index in [1.807, 2.05) is 6.92 Å². The van der Waals surface area contributed by atoms with E-state index in [-0.39, 0.29) is 22.2 Å². The van der Waals surface area contributed by atoms with Crippen molar-refractivity contribution in [3.05, 3.63) is 33.3 Å². The van der Waals surface area contributed by atoms with Crippen molar-refractivity contribution >= 4 is 27.3 Å². The van der Waals surface area contributed by atoms with E-state index in [0.717, 1.165) is 18.6 Å². The highest BCUT2D eigenvalue weighted by Crippen LogP contribution is 2.25. The Hall–Kier alpha value is -1.22. The number of rotatable bonds is 9. The molecule has 0 amide bonds. The van der Waals surface area contributed by atoms with Crippen molar-refractivity contribution in [2.45, 2.75) is 24.7 Å². The zero-order chi connectivity index (χ0) is 15.9. The summed E-state index contributed by atoms with van der Waals surface area (Å²) in [4.78, 5) is 9.71. The first-order valence-electron chi connectivity index (χ1n) is 6.40. The minimum Gasteiger partial charge on any atom is -0.381 e. The van der Waals surface area contributed by atoms with E-state index in [4.69, 9.17) is 16.3 Å². The van der Waals surface area contributed by atoms with E-state index in [1.165, 1.54) is 6.07 Å². The Labute approximate surface area is 128 Å². The predicted molar refractivity (Wildman–Crippen MR) is 79.0 cm³/mol. The largest absolute Gasteiger partial charge is 0.381 e. The molecule has 0 spiro atoms. The molecule has 0 aromatic heterocycles. The number of hydrogen-bond donors (Lipinski definition) is 1. The smallest absolute Gasteiger partial charge is 0.270 e. The summed E-state index contributed by atoms with van der Waals surface area (Å²) in [6.07, 6.45) is 1.40. The second-order valence-corrected chi connectivity index (χ2v) is 6.38. The van der Waals surface area contributed by atoms with E-state index < -0.39 is 14.9 Å². The maximum Gasteiger partial charge on any atom is 0.270 e. The Kier molecular flexibility index (Phi) is 7.03. The number of non-ortho nitro benzene ring substituents is 1. The summed E-state index contributed by atoms with van der Waals surface area (Å²) < 4.78 is 31.7. The van der Waals surface area contributed by atoms with Crippen molar-refractivity contribution in [3.8, 4) is 0 Å². The van der Waals surface area contributed by atoms with Crippen LogP contribution in [0.4, 0.5) is 5.69 Å². The first-order chi connectivity index (χ1) is 9.88. The summed E-state index contributed by atoms with van der Waals surface area (Å²) in [6.45, 7) is 3.22. The molecule has 0 aliphatic heterocycles. The summed E-state index contributed by atoms with van der Waals surface area (Å²) in [7, 11) is -3.88. The zero-order valence-electron chi connectivity index (χ0n) is 11.5. The monoisotopic (exact) mass is 336 g/mol. The van der Waals surface area contributed by atoms with Gasteiger partial charge in [0.2, 0.25) is 10.0 Å². The molecule has 118 valence electrons. The summed E-state index contributed by atoms with van der Waals surface area (Å²) in [5.41, 5.74) is -0.328. The summed E-state index contributed by atoms with van der Waals surface area (Å²) in [5, 5.41) is 10.6. The number of hydrogen-bond acceptors (Lipinski definition) is 5. The lowest BCUT2D eigenvalue weighted by atomic mass is 10.3. The molecule has 21 heavy (non-hydrogen) atoms. The van der Waals surface area contributed by atoms with Crippen molar-refractivity contribution < 1.29 is 18.1 Å². The third-order valence-corrected chi connectivity index (χ3v) is 4.46.